The number of rotatable bonds is 6. The average Bonchev–Trinajstić information content (AvgIpc) is 2.71. The van der Waals surface area contributed by atoms with Crippen molar-refractivity contribution >= 4 is 15.6 Å². The van der Waals surface area contributed by atoms with Gasteiger partial charge in [0.05, 0.1) is 6.61 Å². The minimum Gasteiger partial charge on any atom is -0.756 e. The molecule has 2 rings (SSSR count). The fraction of sp³-hybridized carbons (Fsp3) is 0.556. The molecular weight excluding hydrogens is 468 g/mol. The summed E-state index contributed by atoms with van der Waals surface area (Å²) in [6.07, 6.45) is -5.44. The van der Waals surface area contributed by atoms with Crippen LogP contribution in [0.25, 0.3) is 0 Å². The van der Waals surface area contributed by atoms with E-state index >= 15 is 0 Å². The van der Waals surface area contributed by atoms with Gasteiger partial charge in [-0.25, -0.2) is 9.11 Å². The van der Waals surface area contributed by atoms with Crippen molar-refractivity contribution in [1.82, 2.24) is 9.55 Å². The Morgan fingerprint density at radius 1 is 1.22 bits per heavy atom. The van der Waals surface area contributed by atoms with Gasteiger partial charge in [-0.15, -0.1) is 0 Å². The van der Waals surface area contributed by atoms with E-state index in [-0.39, 0.29) is 103 Å². The molecule has 2 unspecified atom stereocenters. The number of phosphoric acid groups is 2. The summed E-state index contributed by atoms with van der Waals surface area (Å²) in [5.41, 5.74) is -1.68. The third-order valence-electron chi connectivity index (χ3n) is 3.06. The Morgan fingerprint density at radius 2 is 1.81 bits per heavy atom. The number of aliphatic hydroxyl groups is 2. The molecule has 2 heterocycles. The zero-order valence-corrected chi connectivity index (χ0v) is 22.1. The molecule has 27 heavy (non-hydrogen) atoms. The van der Waals surface area contributed by atoms with Gasteiger partial charge in [0.1, 0.15) is 18.3 Å². The van der Waals surface area contributed by atoms with Gasteiger partial charge >= 0.3 is 108 Å². The van der Waals surface area contributed by atoms with Crippen LogP contribution in [-0.4, -0.2) is 49.6 Å². The molecule has 6 atom stereocenters. The Labute approximate surface area is 235 Å². The summed E-state index contributed by atoms with van der Waals surface area (Å²) in [5, 5.41) is 19.7. The minimum absolute atomic E-state index is 0. The van der Waals surface area contributed by atoms with Crippen molar-refractivity contribution in [2.75, 3.05) is 6.61 Å². The predicted octanol–water partition coefficient (Wildman–Crippen LogP) is -9.87. The molecule has 14 nitrogen and oxygen atoms in total. The number of aromatic amines is 1. The second kappa shape index (κ2) is 11.6. The van der Waals surface area contributed by atoms with E-state index in [1.165, 1.54) is 0 Å². The van der Waals surface area contributed by atoms with Gasteiger partial charge in [-0.05, 0) is 0 Å². The van der Waals surface area contributed by atoms with Crippen molar-refractivity contribution in [3.8, 4) is 0 Å². The monoisotopic (exact) mass is 480 g/mol. The largest absolute Gasteiger partial charge is 1.00 e. The molecule has 1 fully saturated rings. The van der Waals surface area contributed by atoms with Crippen LogP contribution in [0.3, 0.4) is 0 Å². The van der Waals surface area contributed by atoms with Crippen molar-refractivity contribution in [2.24, 2.45) is 0 Å². The first-order valence-corrected chi connectivity index (χ1v) is 9.39. The van der Waals surface area contributed by atoms with Gasteiger partial charge in [0.25, 0.3) is 21.2 Å². The van der Waals surface area contributed by atoms with Gasteiger partial charge in [-0.1, -0.05) is 0 Å². The summed E-state index contributed by atoms with van der Waals surface area (Å²) in [7, 11) is -11.1. The first kappa shape index (κ1) is 29.1. The summed E-state index contributed by atoms with van der Waals surface area (Å²) < 4.78 is 34.9. The van der Waals surface area contributed by atoms with Crippen LogP contribution in [0.15, 0.2) is 21.9 Å². The molecule has 0 aliphatic carbocycles. The Hall–Kier alpha value is 2.09. The van der Waals surface area contributed by atoms with E-state index in [0.717, 1.165) is 16.8 Å². The molecule has 0 saturated carbocycles. The predicted molar refractivity (Wildman–Crippen MR) is 71.7 cm³/mol. The molecular formula is C9H12K2N2O12P2. The normalized spacial score (nSPS) is 29.1. The van der Waals surface area contributed by atoms with Crippen molar-refractivity contribution in [1.29, 1.82) is 0 Å². The van der Waals surface area contributed by atoms with Crippen LogP contribution in [0.2, 0.25) is 0 Å². The third kappa shape index (κ3) is 8.62. The number of nitrogens with zero attached hydrogens (tertiary/aromatic N) is 1. The molecule has 1 aromatic heterocycles. The van der Waals surface area contributed by atoms with Gasteiger partial charge in [-0.3, -0.25) is 23.5 Å². The summed E-state index contributed by atoms with van der Waals surface area (Å²) in [4.78, 5) is 54.4. The standard InChI is InChI=1S/C9H14N2O12P2.2K/c12-5-1-2-11(9(15)10-5)8-7(14)6(13)4(22-8)3-21-25(19,20)23-24(16,17)18;;/h1-2,4,6-8,13-14H,3H2,(H,19,20)(H,10,12,15)(H2,16,17,18);;/q;2*+1/p-2/t4-,6-,7-,8-;;/m1../s1. The molecule has 0 bridgehead atoms. The second-order valence-electron chi connectivity index (χ2n) is 4.86. The van der Waals surface area contributed by atoms with E-state index in [1.54, 1.807) is 0 Å². The zero-order valence-electron chi connectivity index (χ0n) is 14.0. The van der Waals surface area contributed by atoms with Gasteiger partial charge in [-0.2, -0.15) is 0 Å². The summed E-state index contributed by atoms with van der Waals surface area (Å²) >= 11 is 0. The maximum absolute atomic E-state index is 11.7. The summed E-state index contributed by atoms with van der Waals surface area (Å²) in [6, 6.07) is 0.945. The number of aromatic nitrogens is 2. The molecule has 0 amide bonds. The van der Waals surface area contributed by atoms with Crippen LogP contribution in [0, 0.1) is 0 Å². The maximum atomic E-state index is 11.7. The summed E-state index contributed by atoms with van der Waals surface area (Å²) in [6.45, 7) is -0.992. The van der Waals surface area contributed by atoms with Crippen LogP contribution in [0.4, 0.5) is 0 Å². The van der Waals surface area contributed by atoms with Crippen molar-refractivity contribution in [3.63, 3.8) is 0 Å². The van der Waals surface area contributed by atoms with Crippen LogP contribution < -0.4 is 124 Å². The molecule has 1 aliphatic heterocycles. The van der Waals surface area contributed by atoms with Gasteiger partial charge < -0.3 is 34.2 Å². The van der Waals surface area contributed by atoms with Crippen molar-refractivity contribution < 1.29 is 150 Å². The molecule has 18 heteroatoms. The van der Waals surface area contributed by atoms with E-state index in [1.807, 2.05) is 4.98 Å². The van der Waals surface area contributed by atoms with Crippen LogP contribution in [0.1, 0.15) is 6.23 Å². The van der Waals surface area contributed by atoms with Gasteiger partial charge in [0.15, 0.2) is 6.23 Å². The quantitative estimate of drug-likeness (QED) is 0.220. The number of phosphoric ester groups is 1. The SMILES string of the molecule is O=c1ccn([C@@H]2O[C@H](COP(=O)([O-])OP(=O)([O-])O)[C@@H](O)[C@H]2O)c(=O)[nH]1.[K+].[K+]. The first-order chi connectivity index (χ1) is 11.4. The molecule has 1 aliphatic rings. The van der Waals surface area contributed by atoms with Crippen LogP contribution >= 0.6 is 15.6 Å². The fourth-order valence-electron chi connectivity index (χ4n) is 2.04. The summed E-state index contributed by atoms with van der Waals surface area (Å²) in [5.74, 6) is 0. The Balaban J connectivity index is 0.00000338. The van der Waals surface area contributed by atoms with Gasteiger partial charge in [0, 0.05) is 12.3 Å². The van der Waals surface area contributed by atoms with Crippen LogP contribution in [0.5, 0.6) is 0 Å². The molecule has 1 aromatic rings. The number of nitrogens with one attached hydrogen (secondary N) is 1. The molecule has 4 N–H and O–H groups in total. The molecule has 0 radical (unpaired) electrons. The number of aliphatic hydroxyl groups excluding tert-OH is 2. The number of hydrogen-bond donors (Lipinski definition) is 4. The molecule has 0 spiro atoms. The Kier molecular flexibility index (Phi) is 12.5. The van der Waals surface area contributed by atoms with E-state index in [4.69, 9.17) is 9.63 Å². The van der Waals surface area contributed by atoms with Crippen molar-refractivity contribution in [3.05, 3.63) is 33.1 Å². The second-order valence-corrected chi connectivity index (χ2v) is 7.60. The smallest absolute Gasteiger partial charge is 0.756 e. The van der Waals surface area contributed by atoms with Crippen LogP contribution in [-0.2, 0) is 22.7 Å². The van der Waals surface area contributed by atoms with Gasteiger partial charge in [0.2, 0.25) is 0 Å². The van der Waals surface area contributed by atoms with Crippen molar-refractivity contribution in [2.45, 2.75) is 24.5 Å². The third-order valence-corrected chi connectivity index (χ3v) is 5.15. The topological polar surface area (TPSA) is 223 Å². The minimum atomic E-state index is -5.63. The average molecular weight is 480 g/mol. The van der Waals surface area contributed by atoms with E-state index in [0.29, 0.717) is 0 Å². The molecule has 0 aromatic carbocycles. The van der Waals surface area contributed by atoms with E-state index < -0.39 is 58.0 Å². The Morgan fingerprint density at radius 3 is 2.33 bits per heavy atom. The fourth-order valence-corrected chi connectivity index (χ4v) is 3.57. The first-order valence-electron chi connectivity index (χ1n) is 6.43. The molecule has 142 valence electrons. The number of H-pyrrole nitrogens is 1. The van der Waals surface area contributed by atoms with E-state index in [2.05, 4.69) is 8.83 Å². The maximum Gasteiger partial charge on any atom is 1.00 e. The Bertz CT molecular complexity index is 839. The number of hydrogen-bond acceptors (Lipinski definition) is 11. The number of ether oxygens (including phenoxy) is 1. The molecule has 1 saturated heterocycles. The zero-order chi connectivity index (χ0) is 19.0. The van der Waals surface area contributed by atoms with E-state index in [9.17, 15) is 38.7 Å².